The van der Waals surface area contributed by atoms with Gasteiger partial charge in [-0.05, 0) is 40.6 Å². The summed E-state index contributed by atoms with van der Waals surface area (Å²) >= 11 is 2.15. The number of rotatable bonds is 5. The summed E-state index contributed by atoms with van der Waals surface area (Å²) in [6, 6.07) is 7.46. The van der Waals surface area contributed by atoms with Crippen LogP contribution in [0.3, 0.4) is 0 Å². The number of alkyl halides is 3. The van der Waals surface area contributed by atoms with Crippen molar-refractivity contribution < 1.29 is 17.9 Å². The minimum Gasteiger partial charge on any atom is -0.477 e. The van der Waals surface area contributed by atoms with Gasteiger partial charge in [0.2, 0.25) is 11.8 Å². The highest BCUT2D eigenvalue weighted by Gasteiger charge is 2.36. The number of hydrogen-bond donors (Lipinski definition) is 0. The lowest BCUT2D eigenvalue weighted by molar-refractivity contribution is -0.139. The van der Waals surface area contributed by atoms with Crippen molar-refractivity contribution in [1.29, 1.82) is 0 Å². The average Bonchev–Trinajstić information content (AvgIpc) is 2.51. The van der Waals surface area contributed by atoms with E-state index >= 15 is 0 Å². The number of aromatic nitrogens is 2. The number of nitrogens with zero attached hydrogens (tertiary/aromatic N) is 3. The van der Waals surface area contributed by atoms with E-state index in [0.29, 0.717) is 0 Å². The predicted molar refractivity (Wildman–Crippen MR) is 94.6 cm³/mol. The van der Waals surface area contributed by atoms with E-state index in [1.807, 2.05) is 38.1 Å². The van der Waals surface area contributed by atoms with Crippen LogP contribution in [0, 0.1) is 9.49 Å². The van der Waals surface area contributed by atoms with Crippen LogP contribution in [0.5, 0.6) is 5.88 Å². The van der Waals surface area contributed by atoms with Crippen molar-refractivity contribution >= 4 is 34.2 Å². The molecule has 0 N–H and O–H groups in total. The molecule has 1 heterocycles. The van der Waals surface area contributed by atoms with Crippen molar-refractivity contribution in [3.05, 3.63) is 39.6 Å². The van der Waals surface area contributed by atoms with Gasteiger partial charge in [0.05, 0.1) is 12.3 Å². The fraction of sp³-hybridized carbons (Fsp3) is 0.375. The smallest absolute Gasteiger partial charge is 0.423 e. The zero-order chi connectivity index (χ0) is 17.9. The molecule has 0 aliphatic heterocycles. The van der Waals surface area contributed by atoms with E-state index in [1.165, 1.54) is 0 Å². The van der Waals surface area contributed by atoms with E-state index in [2.05, 4.69) is 32.6 Å². The Morgan fingerprint density at radius 1 is 1.25 bits per heavy atom. The number of anilines is 2. The minimum atomic E-state index is -4.56. The molecule has 2 rings (SSSR count). The molecule has 24 heavy (non-hydrogen) atoms. The van der Waals surface area contributed by atoms with Crippen LogP contribution in [0.25, 0.3) is 0 Å². The lowest BCUT2D eigenvalue weighted by Crippen LogP contribution is -2.18. The molecule has 0 aliphatic rings. The lowest BCUT2D eigenvalue weighted by Gasteiger charge is -2.21. The Bertz CT molecular complexity index is 707. The normalized spacial score (nSPS) is 11.7. The van der Waals surface area contributed by atoms with Gasteiger partial charge in [-0.3, -0.25) is 0 Å². The standard InChI is InChI=1S/C16H17F3IN3O/c1-10(2)9-24-14-11(16(17,18)19)8-21-15(22-14)23(3)13-7-5-4-6-12(13)20/h4-8,10H,9H2,1-3H3. The summed E-state index contributed by atoms with van der Waals surface area (Å²) in [6.07, 6.45) is -3.80. The van der Waals surface area contributed by atoms with Gasteiger partial charge in [-0.2, -0.15) is 18.2 Å². The Balaban J connectivity index is 2.41. The van der Waals surface area contributed by atoms with Gasteiger partial charge in [0.1, 0.15) is 5.56 Å². The third-order valence-corrected chi connectivity index (χ3v) is 4.03. The van der Waals surface area contributed by atoms with Crippen LogP contribution in [0.4, 0.5) is 24.8 Å². The maximum atomic E-state index is 13.1. The van der Waals surface area contributed by atoms with Gasteiger partial charge >= 0.3 is 6.18 Å². The number of ether oxygens (including phenoxy) is 1. The first-order valence-electron chi connectivity index (χ1n) is 7.25. The molecule has 8 heteroatoms. The number of hydrogen-bond acceptors (Lipinski definition) is 4. The lowest BCUT2D eigenvalue weighted by atomic mass is 10.2. The molecule has 0 bridgehead atoms. The molecule has 1 aromatic carbocycles. The van der Waals surface area contributed by atoms with Gasteiger partial charge in [-0.15, -0.1) is 0 Å². The topological polar surface area (TPSA) is 38.2 Å². The van der Waals surface area contributed by atoms with Crippen LogP contribution in [0.2, 0.25) is 0 Å². The van der Waals surface area contributed by atoms with Crippen LogP contribution in [0.15, 0.2) is 30.5 Å². The first-order chi connectivity index (χ1) is 11.2. The first kappa shape index (κ1) is 18.8. The number of para-hydroxylation sites is 1. The second-order valence-electron chi connectivity index (χ2n) is 5.60. The predicted octanol–water partition coefficient (Wildman–Crippen LogP) is 4.90. The summed E-state index contributed by atoms with van der Waals surface area (Å²) in [7, 11) is 1.70. The molecule has 0 saturated carbocycles. The van der Waals surface area contributed by atoms with Crippen molar-refractivity contribution in [1.82, 2.24) is 9.97 Å². The summed E-state index contributed by atoms with van der Waals surface area (Å²) in [5.74, 6) is -0.220. The SMILES string of the molecule is CC(C)COc1nc(N(C)c2ccccc2I)ncc1C(F)(F)F. The van der Waals surface area contributed by atoms with Gasteiger partial charge < -0.3 is 9.64 Å². The van der Waals surface area contributed by atoms with Gasteiger partial charge in [-0.25, -0.2) is 4.98 Å². The summed E-state index contributed by atoms with van der Waals surface area (Å²) in [4.78, 5) is 9.49. The third kappa shape index (κ3) is 4.49. The number of benzene rings is 1. The molecule has 0 spiro atoms. The van der Waals surface area contributed by atoms with E-state index < -0.39 is 17.6 Å². The molecule has 4 nitrogen and oxygen atoms in total. The van der Waals surface area contributed by atoms with Crippen LogP contribution in [0.1, 0.15) is 19.4 Å². The Morgan fingerprint density at radius 2 is 1.92 bits per heavy atom. The second kappa shape index (κ2) is 7.54. The second-order valence-corrected chi connectivity index (χ2v) is 6.76. The fourth-order valence-corrected chi connectivity index (χ4v) is 2.65. The van der Waals surface area contributed by atoms with E-state index in [-0.39, 0.29) is 18.5 Å². The largest absolute Gasteiger partial charge is 0.477 e. The van der Waals surface area contributed by atoms with Gasteiger partial charge in [0, 0.05) is 16.8 Å². The molecule has 0 saturated heterocycles. The fourth-order valence-electron chi connectivity index (χ4n) is 1.90. The minimum absolute atomic E-state index is 0.0808. The van der Waals surface area contributed by atoms with Crippen LogP contribution < -0.4 is 9.64 Å². The van der Waals surface area contributed by atoms with Gasteiger partial charge in [0.25, 0.3) is 0 Å². The van der Waals surface area contributed by atoms with E-state index in [1.54, 1.807) is 11.9 Å². The van der Waals surface area contributed by atoms with E-state index in [9.17, 15) is 13.2 Å². The molecule has 0 fully saturated rings. The summed E-state index contributed by atoms with van der Waals surface area (Å²) < 4.78 is 45.6. The van der Waals surface area contributed by atoms with Gasteiger partial charge in [-0.1, -0.05) is 26.0 Å². The molecular formula is C16H17F3IN3O. The molecular weight excluding hydrogens is 434 g/mol. The summed E-state index contributed by atoms with van der Waals surface area (Å²) in [5, 5.41) is 0. The molecule has 0 radical (unpaired) electrons. The number of halogens is 4. The Hall–Kier alpha value is -1.58. The van der Waals surface area contributed by atoms with Crippen LogP contribution in [-0.2, 0) is 6.18 Å². The van der Waals surface area contributed by atoms with Crippen molar-refractivity contribution in [2.75, 3.05) is 18.6 Å². The highest BCUT2D eigenvalue weighted by molar-refractivity contribution is 14.1. The van der Waals surface area contributed by atoms with E-state index in [0.717, 1.165) is 15.5 Å². The van der Waals surface area contributed by atoms with Crippen LogP contribution >= 0.6 is 22.6 Å². The molecule has 130 valence electrons. The Labute approximate surface area is 152 Å². The average molecular weight is 451 g/mol. The third-order valence-electron chi connectivity index (χ3n) is 3.11. The maximum Gasteiger partial charge on any atom is 0.423 e. The Morgan fingerprint density at radius 3 is 2.50 bits per heavy atom. The molecule has 0 unspecified atom stereocenters. The quantitative estimate of drug-likeness (QED) is 0.607. The molecule has 0 atom stereocenters. The van der Waals surface area contributed by atoms with Crippen molar-refractivity contribution in [3.8, 4) is 5.88 Å². The highest BCUT2D eigenvalue weighted by atomic mass is 127. The zero-order valence-corrected chi connectivity index (χ0v) is 15.6. The molecule has 1 aromatic heterocycles. The van der Waals surface area contributed by atoms with E-state index in [4.69, 9.17) is 4.74 Å². The Kier molecular flexibility index (Phi) is 5.89. The highest BCUT2D eigenvalue weighted by Crippen LogP contribution is 2.36. The van der Waals surface area contributed by atoms with Gasteiger partial charge in [0.15, 0.2) is 0 Å². The van der Waals surface area contributed by atoms with Crippen LogP contribution in [-0.4, -0.2) is 23.6 Å². The first-order valence-corrected chi connectivity index (χ1v) is 8.33. The monoisotopic (exact) mass is 451 g/mol. The maximum absolute atomic E-state index is 13.1. The molecule has 0 amide bonds. The molecule has 2 aromatic rings. The zero-order valence-electron chi connectivity index (χ0n) is 13.4. The van der Waals surface area contributed by atoms with Crippen molar-refractivity contribution in [2.24, 2.45) is 5.92 Å². The summed E-state index contributed by atoms with van der Waals surface area (Å²) in [6.45, 7) is 3.85. The van der Waals surface area contributed by atoms with Crippen molar-refractivity contribution in [3.63, 3.8) is 0 Å². The molecule has 0 aliphatic carbocycles. The summed E-state index contributed by atoms with van der Waals surface area (Å²) in [5.41, 5.74) is -0.171. The van der Waals surface area contributed by atoms with Crippen molar-refractivity contribution in [2.45, 2.75) is 20.0 Å².